The number of hydrogen-bond donors (Lipinski definition) is 2. The van der Waals surface area contributed by atoms with Crippen LogP contribution in [0.4, 0.5) is 0 Å². The zero-order chi connectivity index (χ0) is 14.8. The highest BCUT2D eigenvalue weighted by molar-refractivity contribution is 5.85. The van der Waals surface area contributed by atoms with E-state index >= 15 is 0 Å². The minimum Gasteiger partial charge on any atom is -0.357 e. The van der Waals surface area contributed by atoms with Crippen molar-refractivity contribution in [2.24, 2.45) is 0 Å². The van der Waals surface area contributed by atoms with E-state index in [0.29, 0.717) is 6.54 Å². The van der Waals surface area contributed by atoms with E-state index in [1.807, 2.05) is 18.2 Å². The highest BCUT2D eigenvalue weighted by Crippen LogP contribution is 2.32. The summed E-state index contributed by atoms with van der Waals surface area (Å²) in [6.07, 6.45) is 2.77. The van der Waals surface area contributed by atoms with Gasteiger partial charge in [0.05, 0.1) is 0 Å². The SMILES string of the molecule is C=CC(C)(C)c1[nH]c2ccccc2c1CCNC(C)=O. The van der Waals surface area contributed by atoms with Gasteiger partial charge in [-0.1, -0.05) is 38.1 Å². The van der Waals surface area contributed by atoms with Gasteiger partial charge < -0.3 is 10.3 Å². The molecule has 0 aliphatic heterocycles. The molecule has 2 rings (SSSR count). The summed E-state index contributed by atoms with van der Waals surface area (Å²) in [6.45, 7) is 10.4. The molecule has 0 aliphatic carbocycles. The molecule has 0 radical (unpaired) electrons. The Morgan fingerprint density at radius 1 is 1.40 bits per heavy atom. The summed E-state index contributed by atoms with van der Waals surface area (Å²) in [5, 5.41) is 4.09. The van der Waals surface area contributed by atoms with Crippen molar-refractivity contribution in [3.8, 4) is 0 Å². The predicted octanol–water partition coefficient (Wildman–Crippen LogP) is 3.31. The third-order valence-corrected chi connectivity index (χ3v) is 3.72. The van der Waals surface area contributed by atoms with Crippen LogP contribution in [-0.2, 0) is 16.6 Å². The number of hydrogen-bond acceptors (Lipinski definition) is 1. The molecule has 1 aromatic heterocycles. The third-order valence-electron chi connectivity index (χ3n) is 3.72. The van der Waals surface area contributed by atoms with E-state index in [1.54, 1.807) is 6.92 Å². The maximum Gasteiger partial charge on any atom is 0.216 e. The van der Waals surface area contributed by atoms with Gasteiger partial charge in [0.1, 0.15) is 0 Å². The van der Waals surface area contributed by atoms with Crippen molar-refractivity contribution in [2.75, 3.05) is 6.54 Å². The standard InChI is InChI=1S/C17H22N2O/c1-5-17(3,4)16-14(10-11-18-12(2)20)13-8-6-7-9-15(13)19-16/h5-9,19H,1,10-11H2,2-4H3,(H,18,20). The normalized spacial score (nSPS) is 11.6. The van der Waals surface area contributed by atoms with Gasteiger partial charge in [-0.15, -0.1) is 6.58 Å². The van der Waals surface area contributed by atoms with E-state index < -0.39 is 0 Å². The van der Waals surface area contributed by atoms with E-state index in [4.69, 9.17) is 0 Å². The monoisotopic (exact) mass is 270 g/mol. The molecule has 2 N–H and O–H groups in total. The maximum absolute atomic E-state index is 11.0. The van der Waals surface area contributed by atoms with Gasteiger partial charge in [-0.3, -0.25) is 4.79 Å². The van der Waals surface area contributed by atoms with Crippen LogP contribution in [0.2, 0.25) is 0 Å². The molecule has 0 fully saturated rings. The molecule has 0 aliphatic rings. The summed E-state index contributed by atoms with van der Waals surface area (Å²) in [7, 11) is 0. The lowest BCUT2D eigenvalue weighted by Gasteiger charge is -2.21. The smallest absolute Gasteiger partial charge is 0.216 e. The van der Waals surface area contributed by atoms with Gasteiger partial charge in [0, 0.05) is 35.5 Å². The average molecular weight is 270 g/mol. The number of aromatic amines is 1. The van der Waals surface area contributed by atoms with Gasteiger partial charge in [0.2, 0.25) is 5.91 Å². The quantitative estimate of drug-likeness (QED) is 0.804. The van der Waals surface area contributed by atoms with Crippen molar-refractivity contribution in [1.29, 1.82) is 0 Å². The number of allylic oxidation sites excluding steroid dienone is 1. The highest BCUT2D eigenvalue weighted by Gasteiger charge is 2.23. The van der Waals surface area contributed by atoms with Crippen LogP contribution in [0.1, 0.15) is 32.0 Å². The second-order valence-corrected chi connectivity index (χ2v) is 5.68. The van der Waals surface area contributed by atoms with Crippen molar-refractivity contribution in [2.45, 2.75) is 32.6 Å². The molecule has 3 heteroatoms. The first kappa shape index (κ1) is 14.4. The molecule has 1 aromatic carbocycles. The Kier molecular flexibility index (Phi) is 3.98. The van der Waals surface area contributed by atoms with Crippen LogP contribution in [0.15, 0.2) is 36.9 Å². The molecule has 1 amide bonds. The van der Waals surface area contributed by atoms with E-state index in [1.165, 1.54) is 16.6 Å². The zero-order valence-corrected chi connectivity index (χ0v) is 12.4. The summed E-state index contributed by atoms with van der Waals surface area (Å²) < 4.78 is 0. The fourth-order valence-corrected chi connectivity index (χ4v) is 2.48. The second-order valence-electron chi connectivity index (χ2n) is 5.68. The molecular formula is C17H22N2O. The molecule has 0 bridgehead atoms. The lowest BCUT2D eigenvalue weighted by Crippen LogP contribution is -2.24. The van der Waals surface area contributed by atoms with Crippen LogP contribution >= 0.6 is 0 Å². The van der Waals surface area contributed by atoms with Gasteiger partial charge >= 0.3 is 0 Å². The Balaban J connectivity index is 2.45. The van der Waals surface area contributed by atoms with Crippen molar-refractivity contribution in [3.05, 3.63) is 48.2 Å². The molecule has 0 saturated heterocycles. The average Bonchev–Trinajstić information content (AvgIpc) is 2.78. The van der Waals surface area contributed by atoms with Crippen LogP contribution in [0.25, 0.3) is 10.9 Å². The number of carbonyl (C=O) groups excluding carboxylic acids is 1. The molecule has 1 heterocycles. The number of rotatable bonds is 5. The molecule has 0 saturated carbocycles. The molecule has 20 heavy (non-hydrogen) atoms. The Morgan fingerprint density at radius 2 is 2.10 bits per heavy atom. The first-order valence-corrected chi connectivity index (χ1v) is 6.94. The number of fused-ring (bicyclic) bond motifs is 1. The van der Waals surface area contributed by atoms with E-state index in [0.717, 1.165) is 11.9 Å². The number of aromatic nitrogens is 1. The fourth-order valence-electron chi connectivity index (χ4n) is 2.48. The lowest BCUT2D eigenvalue weighted by atomic mass is 9.86. The first-order valence-electron chi connectivity index (χ1n) is 6.94. The number of benzene rings is 1. The van der Waals surface area contributed by atoms with Crippen LogP contribution < -0.4 is 5.32 Å². The Bertz CT molecular complexity index is 637. The molecule has 0 unspecified atom stereocenters. The summed E-state index contributed by atoms with van der Waals surface area (Å²) in [5.74, 6) is 0.00868. The molecule has 0 spiro atoms. The predicted molar refractivity (Wildman–Crippen MR) is 83.9 cm³/mol. The van der Waals surface area contributed by atoms with Gasteiger partial charge in [-0.25, -0.2) is 0 Å². The van der Waals surface area contributed by atoms with Crippen LogP contribution in [0, 0.1) is 0 Å². The van der Waals surface area contributed by atoms with Crippen molar-refractivity contribution in [1.82, 2.24) is 10.3 Å². The number of amides is 1. The second kappa shape index (κ2) is 5.53. The van der Waals surface area contributed by atoms with Crippen molar-refractivity contribution in [3.63, 3.8) is 0 Å². The summed E-state index contributed by atoms with van der Waals surface area (Å²) >= 11 is 0. The number of nitrogens with one attached hydrogen (secondary N) is 2. The molecule has 3 nitrogen and oxygen atoms in total. The Hall–Kier alpha value is -2.03. The van der Waals surface area contributed by atoms with Gasteiger partial charge in [-0.05, 0) is 18.1 Å². The van der Waals surface area contributed by atoms with Crippen molar-refractivity contribution < 1.29 is 4.79 Å². The zero-order valence-electron chi connectivity index (χ0n) is 12.4. The Morgan fingerprint density at radius 3 is 2.75 bits per heavy atom. The van der Waals surface area contributed by atoms with E-state index in [-0.39, 0.29) is 11.3 Å². The molecule has 0 atom stereocenters. The fraction of sp³-hybridized carbons (Fsp3) is 0.353. The van der Waals surface area contributed by atoms with Crippen LogP contribution in [0.3, 0.4) is 0 Å². The van der Waals surface area contributed by atoms with Gasteiger partial charge in [-0.2, -0.15) is 0 Å². The lowest BCUT2D eigenvalue weighted by molar-refractivity contribution is -0.118. The maximum atomic E-state index is 11.0. The third kappa shape index (κ3) is 2.77. The summed E-state index contributed by atoms with van der Waals surface area (Å²) in [6, 6.07) is 8.28. The minimum absolute atomic E-state index is 0.00868. The van der Waals surface area contributed by atoms with Crippen LogP contribution in [0.5, 0.6) is 0 Å². The molecular weight excluding hydrogens is 248 g/mol. The van der Waals surface area contributed by atoms with E-state index in [9.17, 15) is 4.79 Å². The first-order chi connectivity index (χ1) is 9.45. The van der Waals surface area contributed by atoms with Crippen molar-refractivity contribution >= 4 is 16.8 Å². The number of H-pyrrole nitrogens is 1. The summed E-state index contributed by atoms with van der Waals surface area (Å²) in [4.78, 5) is 14.5. The Labute approximate surface area is 120 Å². The largest absolute Gasteiger partial charge is 0.357 e. The van der Waals surface area contributed by atoms with Crippen LogP contribution in [-0.4, -0.2) is 17.4 Å². The number of para-hydroxylation sites is 1. The molecule has 2 aromatic rings. The van der Waals surface area contributed by atoms with E-state index in [2.05, 4.69) is 42.9 Å². The molecule has 106 valence electrons. The minimum atomic E-state index is -0.120. The highest BCUT2D eigenvalue weighted by atomic mass is 16.1. The number of carbonyl (C=O) groups is 1. The van der Waals surface area contributed by atoms with Gasteiger partial charge in [0.15, 0.2) is 0 Å². The van der Waals surface area contributed by atoms with Gasteiger partial charge in [0.25, 0.3) is 0 Å². The topological polar surface area (TPSA) is 44.9 Å². The summed E-state index contributed by atoms with van der Waals surface area (Å²) in [5.41, 5.74) is 3.46.